The molecular formula is C7H13NOS. The first kappa shape index (κ1) is 8.08. The highest BCUT2D eigenvalue weighted by Crippen LogP contribution is 2.15. The molecule has 0 fully saturated rings. The van der Waals surface area contributed by atoms with Crippen molar-refractivity contribution in [3.63, 3.8) is 0 Å². The minimum atomic E-state index is 0.288. The first-order valence-corrected chi connectivity index (χ1v) is 4.64. The van der Waals surface area contributed by atoms with Gasteiger partial charge in [0.25, 0.3) is 0 Å². The Balaban J connectivity index is 2.26. The van der Waals surface area contributed by atoms with Crippen LogP contribution in [-0.2, 0) is 4.74 Å². The Morgan fingerprint density at radius 3 is 3.20 bits per heavy atom. The molecule has 0 aromatic rings. The summed E-state index contributed by atoms with van der Waals surface area (Å²) in [7, 11) is 0. The Kier molecular flexibility index (Phi) is 3.22. The smallest absolute Gasteiger partial charge is 0.0858 e. The minimum Gasteiger partial charge on any atom is -0.377 e. The maximum Gasteiger partial charge on any atom is 0.0858 e. The molecule has 0 spiro atoms. The van der Waals surface area contributed by atoms with E-state index in [0.717, 1.165) is 12.4 Å². The van der Waals surface area contributed by atoms with Crippen molar-refractivity contribution in [2.75, 3.05) is 12.4 Å². The fourth-order valence-corrected chi connectivity index (χ4v) is 1.82. The first-order chi connectivity index (χ1) is 4.84. The highest BCUT2D eigenvalue weighted by Gasteiger charge is 2.18. The zero-order valence-electron chi connectivity index (χ0n) is 6.41. The second-order valence-corrected chi connectivity index (χ2v) is 3.19. The van der Waals surface area contributed by atoms with E-state index < -0.39 is 0 Å². The molecule has 0 aromatic heterocycles. The molecule has 0 amide bonds. The SMILES string of the molecule is CCO[C@@H](C)C1CSC=N1. The number of thioether (sulfide) groups is 1. The van der Waals surface area contributed by atoms with Gasteiger partial charge in [0.05, 0.1) is 17.7 Å². The molecule has 1 heterocycles. The normalized spacial score (nSPS) is 27.2. The Hall–Kier alpha value is -0.0200. The first-order valence-electron chi connectivity index (χ1n) is 3.59. The lowest BCUT2D eigenvalue weighted by Gasteiger charge is -2.15. The van der Waals surface area contributed by atoms with Crippen molar-refractivity contribution in [1.29, 1.82) is 0 Å². The van der Waals surface area contributed by atoms with Gasteiger partial charge in [0.2, 0.25) is 0 Å². The Morgan fingerprint density at radius 1 is 1.90 bits per heavy atom. The lowest BCUT2D eigenvalue weighted by Crippen LogP contribution is -2.24. The number of aliphatic imine (C=N–C) groups is 1. The summed E-state index contributed by atoms with van der Waals surface area (Å²) in [6, 6.07) is 0.393. The van der Waals surface area contributed by atoms with Gasteiger partial charge in [0.15, 0.2) is 0 Å². The van der Waals surface area contributed by atoms with Gasteiger partial charge in [-0.15, -0.1) is 11.8 Å². The zero-order chi connectivity index (χ0) is 7.40. The van der Waals surface area contributed by atoms with Gasteiger partial charge >= 0.3 is 0 Å². The molecule has 3 heteroatoms. The molecule has 1 unspecified atom stereocenters. The fraction of sp³-hybridized carbons (Fsp3) is 0.857. The summed E-state index contributed by atoms with van der Waals surface area (Å²) in [5.41, 5.74) is 1.92. The van der Waals surface area contributed by atoms with E-state index in [-0.39, 0.29) is 6.10 Å². The number of hydrogen-bond acceptors (Lipinski definition) is 3. The van der Waals surface area contributed by atoms with E-state index in [1.54, 1.807) is 11.8 Å². The molecule has 1 rings (SSSR count). The topological polar surface area (TPSA) is 21.6 Å². The molecule has 10 heavy (non-hydrogen) atoms. The van der Waals surface area contributed by atoms with Crippen molar-refractivity contribution >= 4 is 17.3 Å². The molecule has 0 saturated carbocycles. The van der Waals surface area contributed by atoms with Crippen LogP contribution in [0.5, 0.6) is 0 Å². The van der Waals surface area contributed by atoms with Gasteiger partial charge in [-0.05, 0) is 13.8 Å². The van der Waals surface area contributed by atoms with Gasteiger partial charge < -0.3 is 4.74 Å². The predicted molar refractivity (Wildman–Crippen MR) is 45.8 cm³/mol. The summed E-state index contributed by atoms with van der Waals surface area (Å²) in [6.45, 7) is 4.89. The van der Waals surface area contributed by atoms with Gasteiger partial charge in [-0.1, -0.05) is 0 Å². The molecule has 0 aliphatic carbocycles. The molecule has 1 aliphatic heterocycles. The summed E-state index contributed by atoms with van der Waals surface area (Å²) >= 11 is 1.76. The summed E-state index contributed by atoms with van der Waals surface area (Å²) < 4.78 is 5.40. The second-order valence-electron chi connectivity index (χ2n) is 2.32. The Labute approximate surface area is 66.1 Å². The van der Waals surface area contributed by atoms with Crippen molar-refractivity contribution in [3.05, 3.63) is 0 Å². The third-order valence-corrected chi connectivity index (χ3v) is 2.37. The molecule has 1 aliphatic rings. The lowest BCUT2D eigenvalue weighted by atomic mass is 10.2. The quantitative estimate of drug-likeness (QED) is 0.623. The molecule has 0 bridgehead atoms. The van der Waals surface area contributed by atoms with E-state index in [0.29, 0.717) is 6.04 Å². The van der Waals surface area contributed by atoms with E-state index in [9.17, 15) is 0 Å². The summed E-state index contributed by atoms with van der Waals surface area (Å²) in [5.74, 6) is 1.08. The largest absolute Gasteiger partial charge is 0.377 e. The average molecular weight is 159 g/mol. The molecule has 0 aromatic carbocycles. The van der Waals surface area contributed by atoms with Gasteiger partial charge in [-0.2, -0.15) is 0 Å². The van der Waals surface area contributed by atoms with Crippen LogP contribution in [-0.4, -0.2) is 30.1 Å². The van der Waals surface area contributed by atoms with E-state index in [2.05, 4.69) is 11.9 Å². The highest BCUT2D eigenvalue weighted by atomic mass is 32.2. The minimum absolute atomic E-state index is 0.288. The van der Waals surface area contributed by atoms with Crippen molar-refractivity contribution in [2.24, 2.45) is 4.99 Å². The van der Waals surface area contributed by atoms with Crippen LogP contribution in [0, 0.1) is 0 Å². The van der Waals surface area contributed by atoms with Crippen LogP contribution in [0.15, 0.2) is 4.99 Å². The van der Waals surface area contributed by atoms with Crippen LogP contribution < -0.4 is 0 Å². The second kappa shape index (κ2) is 3.98. The van der Waals surface area contributed by atoms with Crippen molar-refractivity contribution in [2.45, 2.75) is 26.0 Å². The Morgan fingerprint density at radius 2 is 2.70 bits per heavy atom. The number of hydrogen-bond donors (Lipinski definition) is 0. The molecule has 2 nitrogen and oxygen atoms in total. The molecule has 0 N–H and O–H groups in total. The zero-order valence-corrected chi connectivity index (χ0v) is 7.23. The monoisotopic (exact) mass is 159 g/mol. The van der Waals surface area contributed by atoms with Gasteiger partial charge in [0, 0.05) is 12.4 Å². The van der Waals surface area contributed by atoms with Crippen LogP contribution in [0.1, 0.15) is 13.8 Å². The van der Waals surface area contributed by atoms with Crippen LogP contribution in [0.4, 0.5) is 0 Å². The molecular weight excluding hydrogens is 146 g/mol. The van der Waals surface area contributed by atoms with E-state index in [1.807, 2.05) is 12.5 Å². The Bertz CT molecular complexity index is 127. The van der Waals surface area contributed by atoms with Gasteiger partial charge in [0.1, 0.15) is 0 Å². The van der Waals surface area contributed by atoms with Crippen LogP contribution >= 0.6 is 11.8 Å². The summed E-state index contributed by atoms with van der Waals surface area (Å²) in [6.07, 6.45) is 0.288. The fourth-order valence-electron chi connectivity index (χ4n) is 0.937. The predicted octanol–water partition coefficient (Wildman–Crippen LogP) is 1.56. The van der Waals surface area contributed by atoms with Crippen molar-refractivity contribution in [3.8, 4) is 0 Å². The number of ether oxygens (including phenoxy) is 1. The van der Waals surface area contributed by atoms with E-state index >= 15 is 0 Å². The van der Waals surface area contributed by atoms with Crippen LogP contribution in [0.2, 0.25) is 0 Å². The van der Waals surface area contributed by atoms with Crippen molar-refractivity contribution < 1.29 is 4.74 Å². The van der Waals surface area contributed by atoms with Gasteiger partial charge in [-0.3, -0.25) is 4.99 Å². The molecule has 0 radical (unpaired) electrons. The summed E-state index contributed by atoms with van der Waals surface area (Å²) in [4.78, 5) is 4.27. The molecule has 2 atom stereocenters. The van der Waals surface area contributed by atoms with Crippen LogP contribution in [0.3, 0.4) is 0 Å². The molecule has 58 valence electrons. The van der Waals surface area contributed by atoms with E-state index in [4.69, 9.17) is 4.74 Å². The van der Waals surface area contributed by atoms with Gasteiger partial charge in [-0.25, -0.2) is 0 Å². The third kappa shape index (κ3) is 1.99. The highest BCUT2D eigenvalue weighted by molar-refractivity contribution is 8.12. The standard InChI is InChI=1S/C7H13NOS/c1-3-9-6(2)7-4-10-5-8-7/h5-7H,3-4H2,1-2H3/t6-,7?/m0/s1. The average Bonchev–Trinajstić information content (AvgIpc) is 2.38. The third-order valence-electron chi connectivity index (χ3n) is 1.57. The maximum atomic E-state index is 5.40. The number of nitrogens with zero attached hydrogens (tertiary/aromatic N) is 1. The summed E-state index contributed by atoms with van der Waals surface area (Å²) in [5, 5.41) is 0. The number of rotatable bonds is 3. The molecule has 0 saturated heterocycles. The lowest BCUT2D eigenvalue weighted by molar-refractivity contribution is 0.0640. The van der Waals surface area contributed by atoms with Crippen molar-refractivity contribution in [1.82, 2.24) is 0 Å². The maximum absolute atomic E-state index is 5.40. The van der Waals surface area contributed by atoms with Crippen LogP contribution in [0.25, 0.3) is 0 Å². The van der Waals surface area contributed by atoms with E-state index in [1.165, 1.54) is 0 Å².